The Hall–Kier alpha value is -4.94. The zero-order chi connectivity index (χ0) is 32.4. The van der Waals surface area contributed by atoms with Crippen molar-refractivity contribution in [1.82, 2.24) is 29.4 Å². The van der Waals surface area contributed by atoms with Gasteiger partial charge in [-0.15, -0.1) is 0 Å². The predicted molar refractivity (Wildman–Crippen MR) is 166 cm³/mol. The van der Waals surface area contributed by atoms with Gasteiger partial charge in [0, 0.05) is 37.0 Å². The van der Waals surface area contributed by atoms with E-state index in [1.165, 1.54) is 36.0 Å². The number of hydrogen-bond donors (Lipinski definition) is 1. The number of nitrogens with zero attached hydrogens (tertiary/aromatic N) is 7. The van der Waals surface area contributed by atoms with Crippen LogP contribution >= 0.6 is 0 Å². The highest BCUT2D eigenvalue weighted by Gasteiger charge is 2.39. The molecule has 13 heteroatoms. The summed E-state index contributed by atoms with van der Waals surface area (Å²) in [6.07, 6.45) is 4.69. The van der Waals surface area contributed by atoms with E-state index < -0.39 is 34.3 Å². The molecule has 3 fully saturated rings. The van der Waals surface area contributed by atoms with Crippen LogP contribution in [0.25, 0.3) is 28.0 Å². The molecule has 0 spiro atoms. The third kappa shape index (κ3) is 4.94. The summed E-state index contributed by atoms with van der Waals surface area (Å²) in [7, 11) is 1.49. The lowest BCUT2D eigenvalue weighted by molar-refractivity contribution is -0.128. The molecular formula is C33H33F2N7O4. The molecule has 0 radical (unpaired) electrons. The van der Waals surface area contributed by atoms with Gasteiger partial charge in [-0.2, -0.15) is 15.0 Å². The van der Waals surface area contributed by atoms with Crippen LogP contribution < -0.4 is 15.3 Å². The van der Waals surface area contributed by atoms with E-state index in [1.54, 1.807) is 4.90 Å². The summed E-state index contributed by atoms with van der Waals surface area (Å²) in [5.41, 5.74) is 0.132. The van der Waals surface area contributed by atoms with E-state index in [4.69, 9.17) is 4.74 Å². The fourth-order valence-electron chi connectivity index (χ4n) is 6.37. The van der Waals surface area contributed by atoms with Crippen molar-refractivity contribution in [1.29, 1.82) is 0 Å². The van der Waals surface area contributed by atoms with Crippen molar-refractivity contribution >= 4 is 22.8 Å². The van der Waals surface area contributed by atoms with E-state index in [0.29, 0.717) is 30.2 Å². The van der Waals surface area contributed by atoms with Gasteiger partial charge in [0.2, 0.25) is 5.91 Å². The largest absolute Gasteiger partial charge is 0.507 e. The minimum Gasteiger partial charge on any atom is -0.507 e. The Morgan fingerprint density at radius 1 is 1.00 bits per heavy atom. The van der Waals surface area contributed by atoms with Gasteiger partial charge in [-0.25, -0.2) is 23.1 Å². The summed E-state index contributed by atoms with van der Waals surface area (Å²) in [4.78, 5) is 48.9. The first-order valence-corrected chi connectivity index (χ1v) is 15.4. The topological polar surface area (TPSA) is 127 Å². The van der Waals surface area contributed by atoms with Gasteiger partial charge in [-0.1, -0.05) is 12.6 Å². The highest BCUT2D eigenvalue weighted by Crippen LogP contribution is 2.48. The van der Waals surface area contributed by atoms with E-state index in [1.807, 2.05) is 18.7 Å². The first kappa shape index (κ1) is 29.8. The van der Waals surface area contributed by atoms with Gasteiger partial charge in [0.15, 0.2) is 11.5 Å². The number of hydrogen-bond acceptors (Lipinski definition) is 9. The van der Waals surface area contributed by atoms with Gasteiger partial charge in [0.05, 0.1) is 35.1 Å². The third-order valence-corrected chi connectivity index (χ3v) is 9.00. The number of amides is 1. The minimum absolute atomic E-state index is 0.0241. The van der Waals surface area contributed by atoms with Gasteiger partial charge < -0.3 is 19.6 Å². The molecule has 46 heavy (non-hydrogen) atoms. The molecule has 7 rings (SSSR count). The normalized spacial score (nSPS) is 19.8. The minimum atomic E-state index is -0.905. The average molecular weight is 630 g/mol. The van der Waals surface area contributed by atoms with Crippen molar-refractivity contribution < 1.29 is 23.4 Å². The van der Waals surface area contributed by atoms with E-state index in [0.717, 1.165) is 31.7 Å². The standard InChI is InChI=1S/C33H33F2N7O4/c1-5-24(44)40-14-17(3)41(15-16(40)2)30-20-13-22(35)28(25-21(34)7-6-8-23(25)43)36-31(20)42(33(45)39-30)29-26(18-9-10-18)37-32(46-4)38-27(29)19-11-12-19/h5-8,13,16-19,43H,1,9-12,14-15H2,2-4H3/t16-,17+/m1/s1. The second-order valence-electron chi connectivity index (χ2n) is 12.3. The number of phenolic OH excluding ortho intramolecular Hbond substituents is 1. The van der Waals surface area contributed by atoms with Crippen molar-refractivity contribution in [3.63, 3.8) is 0 Å². The number of piperazine rings is 1. The van der Waals surface area contributed by atoms with Crippen molar-refractivity contribution in [3.05, 3.63) is 70.4 Å². The summed E-state index contributed by atoms with van der Waals surface area (Å²) in [5, 5.41) is 10.8. The van der Waals surface area contributed by atoms with Crippen molar-refractivity contribution in [2.75, 3.05) is 25.1 Å². The summed E-state index contributed by atoms with van der Waals surface area (Å²) < 4.78 is 38.0. The molecule has 0 unspecified atom stereocenters. The molecule has 0 bridgehead atoms. The molecule has 1 aliphatic heterocycles. The van der Waals surface area contributed by atoms with Crippen LogP contribution in [0.3, 0.4) is 0 Å². The number of pyridine rings is 1. The van der Waals surface area contributed by atoms with Gasteiger partial charge in [0.25, 0.3) is 0 Å². The maximum atomic E-state index is 16.1. The fourth-order valence-corrected chi connectivity index (χ4v) is 6.37. The summed E-state index contributed by atoms with van der Waals surface area (Å²) in [5.74, 6) is -2.19. The molecule has 11 nitrogen and oxygen atoms in total. The number of halogens is 2. The average Bonchev–Trinajstić information content (AvgIpc) is 3.95. The number of fused-ring (bicyclic) bond motifs is 1. The maximum Gasteiger partial charge on any atom is 0.355 e. The lowest BCUT2D eigenvalue weighted by atomic mass is 10.1. The number of anilines is 1. The van der Waals surface area contributed by atoms with E-state index >= 15 is 8.78 Å². The number of rotatable bonds is 7. The molecule has 2 atom stereocenters. The molecule has 2 aliphatic carbocycles. The Labute approximate surface area is 263 Å². The van der Waals surface area contributed by atoms with E-state index in [2.05, 4.69) is 26.5 Å². The highest BCUT2D eigenvalue weighted by atomic mass is 19.1. The van der Waals surface area contributed by atoms with Gasteiger partial charge in [-0.05, 0) is 63.8 Å². The number of aromatic hydroxyl groups is 1. The lowest BCUT2D eigenvalue weighted by Gasteiger charge is -2.44. The molecule has 4 heterocycles. The van der Waals surface area contributed by atoms with Crippen LogP contribution in [0.2, 0.25) is 0 Å². The molecule has 238 valence electrons. The van der Waals surface area contributed by atoms with Crippen molar-refractivity contribution in [3.8, 4) is 28.7 Å². The summed E-state index contributed by atoms with van der Waals surface area (Å²) >= 11 is 0. The van der Waals surface area contributed by atoms with Crippen LogP contribution in [0.5, 0.6) is 11.8 Å². The van der Waals surface area contributed by atoms with E-state index in [-0.39, 0.29) is 52.7 Å². The smallest absolute Gasteiger partial charge is 0.355 e. The second-order valence-corrected chi connectivity index (χ2v) is 12.3. The Bertz CT molecular complexity index is 1920. The predicted octanol–water partition coefficient (Wildman–Crippen LogP) is 4.60. The lowest BCUT2D eigenvalue weighted by Crippen LogP contribution is -2.58. The van der Waals surface area contributed by atoms with Gasteiger partial charge in [0.1, 0.15) is 23.1 Å². The summed E-state index contributed by atoms with van der Waals surface area (Å²) in [6.45, 7) is 7.99. The first-order valence-electron chi connectivity index (χ1n) is 15.4. The molecule has 3 aromatic heterocycles. The molecule has 3 aliphatic rings. The van der Waals surface area contributed by atoms with Crippen LogP contribution in [-0.4, -0.2) is 72.7 Å². The monoisotopic (exact) mass is 629 g/mol. The Morgan fingerprint density at radius 2 is 1.67 bits per heavy atom. The molecule has 4 aromatic rings. The third-order valence-electron chi connectivity index (χ3n) is 9.00. The number of phenols is 1. The molecule has 1 aromatic carbocycles. The zero-order valence-electron chi connectivity index (χ0n) is 25.7. The maximum absolute atomic E-state index is 16.1. The summed E-state index contributed by atoms with van der Waals surface area (Å²) in [6, 6.07) is 4.45. The van der Waals surface area contributed by atoms with E-state index in [9.17, 15) is 14.7 Å². The molecule has 2 saturated carbocycles. The highest BCUT2D eigenvalue weighted by molar-refractivity contribution is 5.91. The van der Waals surface area contributed by atoms with Crippen LogP contribution in [0.1, 0.15) is 62.8 Å². The molecule has 1 amide bonds. The number of benzene rings is 1. The number of carbonyl (C=O) groups excluding carboxylic acids is 1. The number of ether oxygens (including phenoxy) is 1. The van der Waals surface area contributed by atoms with Gasteiger partial charge >= 0.3 is 11.7 Å². The number of methoxy groups -OCH3 is 1. The second kappa shape index (κ2) is 11.1. The van der Waals surface area contributed by atoms with Crippen molar-refractivity contribution in [2.24, 2.45) is 0 Å². The Balaban J connectivity index is 1.53. The molecule has 1 saturated heterocycles. The quantitative estimate of drug-likeness (QED) is 0.292. The Kier molecular flexibility index (Phi) is 7.21. The van der Waals surface area contributed by atoms with Crippen LogP contribution in [0.4, 0.5) is 14.6 Å². The van der Waals surface area contributed by atoms with Crippen LogP contribution in [0, 0.1) is 11.6 Å². The number of aromatic nitrogens is 5. The molecular weight excluding hydrogens is 596 g/mol. The zero-order valence-corrected chi connectivity index (χ0v) is 25.7. The number of carbonyl (C=O) groups is 1. The van der Waals surface area contributed by atoms with Crippen molar-refractivity contribution in [2.45, 2.75) is 63.5 Å². The van der Waals surface area contributed by atoms with Crippen LogP contribution in [0.15, 0.2) is 41.7 Å². The first-order chi connectivity index (χ1) is 22.1. The SMILES string of the molecule is C=CC(=O)N1C[C@H](C)N(c2nc(=O)n(-c3c(C4CC4)nc(OC)nc3C3CC3)c3nc(-c4c(O)cccc4F)c(F)cc23)C[C@H]1C. The Morgan fingerprint density at radius 3 is 2.26 bits per heavy atom. The van der Waals surface area contributed by atoms with Gasteiger partial charge in [-0.3, -0.25) is 4.79 Å². The fraction of sp³-hybridized carbons (Fsp3) is 0.394. The molecule has 1 N–H and O–H groups in total. The van der Waals surface area contributed by atoms with Crippen LogP contribution in [-0.2, 0) is 4.79 Å².